The average Bonchev–Trinajstić information content (AvgIpc) is 2.46. The lowest BCUT2D eigenvalue weighted by Gasteiger charge is -2.32. The Bertz CT molecular complexity index is 620. The van der Waals surface area contributed by atoms with E-state index in [-0.39, 0.29) is 6.10 Å². The van der Waals surface area contributed by atoms with Gasteiger partial charge in [0.2, 0.25) is 0 Å². The third kappa shape index (κ3) is 2.90. The fourth-order valence-corrected chi connectivity index (χ4v) is 3.16. The van der Waals surface area contributed by atoms with Gasteiger partial charge in [0.1, 0.15) is 5.75 Å². The highest BCUT2D eigenvalue weighted by molar-refractivity contribution is 5.59. The molecule has 0 amide bonds. The van der Waals surface area contributed by atoms with E-state index in [1.165, 1.54) is 16.8 Å². The van der Waals surface area contributed by atoms with Gasteiger partial charge < -0.3 is 10.1 Å². The molecule has 2 heteroatoms. The van der Waals surface area contributed by atoms with Crippen LogP contribution in [0.15, 0.2) is 48.5 Å². The van der Waals surface area contributed by atoms with Gasteiger partial charge in [-0.2, -0.15) is 0 Å². The Morgan fingerprint density at radius 2 is 1.67 bits per heavy atom. The van der Waals surface area contributed by atoms with Crippen LogP contribution in [0.25, 0.3) is 0 Å². The molecule has 0 saturated heterocycles. The first kappa shape index (κ1) is 14.0. The Morgan fingerprint density at radius 1 is 1.00 bits per heavy atom. The molecule has 1 heterocycles. The first-order valence-electron chi connectivity index (χ1n) is 7.76. The largest absolute Gasteiger partial charge is 0.491 e. The number of benzene rings is 2. The summed E-state index contributed by atoms with van der Waals surface area (Å²) in [4.78, 5) is 0. The fraction of sp³-hybridized carbons (Fsp3) is 0.368. The molecule has 2 aromatic carbocycles. The van der Waals surface area contributed by atoms with E-state index in [0.29, 0.717) is 12.0 Å². The zero-order chi connectivity index (χ0) is 14.8. The molecular weight excluding hydrogens is 258 g/mol. The van der Waals surface area contributed by atoms with E-state index >= 15 is 0 Å². The molecule has 0 saturated carbocycles. The first-order chi connectivity index (χ1) is 10.1. The van der Waals surface area contributed by atoms with Crippen LogP contribution < -0.4 is 10.1 Å². The van der Waals surface area contributed by atoms with E-state index in [1.54, 1.807) is 0 Å². The maximum absolute atomic E-state index is 6.03. The number of anilines is 1. The lowest BCUT2D eigenvalue weighted by molar-refractivity contribution is 0.239. The molecule has 0 aliphatic carbocycles. The fourth-order valence-electron chi connectivity index (χ4n) is 3.16. The molecule has 0 radical (unpaired) electrons. The molecular formula is C19H23NO. The van der Waals surface area contributed by atoms with Crippen LogP contribution in [-0.4, -0.2) is 12.1 Å². The molecule has 3 rings (SSSR count). The van der Waals surface area contributed by atoms with Crippen molar-refractivity contribution in [3.8, 4) is 5.75 Å². The molecule has 2 unspecified atom stereocenters. The predicted octanol–water partition coefficient (Wildman–Crippen LogP) is 4.81. The van der Waals surface area contributed by atoms with Gasteiger partial charge in [0.15, 0.2) is 0 Å². The third-order valence-corrected chi connectivity index (χ3v) is 3.98. The van der Waals surface area contributed by atoms with Gasteiger partial charge in [0.05, 0.1) is 6.10 Å². The minimum absolute atomic E-state index is 0.195. The summed E-state index contributed by atoms with van der Waals surface area (Å²) in [6.07, 6.45) is 1.29. The van der Waals surface area contributed by atoms with E-state index in [9.17, 15) is 0 Å². The van der Waals surface area contributed by atoms with Crippen molar-refractivity contribution in [2.45, 2.75) is 45.3 Å². The SMILES string of the molecule is CC1CC(c2ccccc2OC(C)C)c2ccccc2N1. The summed E-state index contributed by atoms with van der Waals surface area (Å²) in [6, 6.07) is 17.5. The average molecular weight is 281 g/mol. The summed E-state index contributed by atoms with van der Waals surface area (Å²) in [5.74, 6) is 1.41. The zero-order valence-electron chi connectivity index (χ0n) is 13.0. The van der Waals surface area contributed by atoms with Crippen molar-refractivity contribution in [2.75, 3.05) is 5.32 Å². The quantitative estimate of drug-likeness (QED) is 0.871. The second-order valence-corrected chi connectivity index (χ2v) is 6.13. The topological polar surface area (TPSA) is 21.3 Å². The van der Waals surface area contributed by atoms with E-state index in [1.807, 2.05) is 0 Å². The predicted molar refractivity (Wildman–Crippen MR) is 88.2 cm³/mol. The summed E-state index contributed by atoms with van der Waals surface area (Å²) in [6.45, 7) is 6.40. The number of nitrogens with one attached hydrogen (secondary N) is 1. The number of para-hydroxylation sites is 2. The Balaban J connectivity index is 2.05. The van der Waals surface area contributed by atoms with Gasteiger partial charge in [-0.25, -0.2) is 0 Å². The molecule has 110 valence electrons. The molecule has 0 spiro atoms. The summed E-state index contributed by atoms with van der Waals surface area (Å²) in [5, 5.41) is 3.58. The standard InChI is InChI=1S/C19H23NO/c1-13(2)21-19-11-7-5-9-16(19)17-12-14(3)20-18-10-6-4-8-15(17)18/h4-11,13-14,17,20H,12H2,1-3H3. The molecule has 1 N–H and O–H groups in total. The molecule has 1 aliphatic rings. The van der Waals surface area contributed by atoms with Crippen molar-refractivity contribution >= 4 is 5.69 Å². The zero-order valence-corrected chi connectivity index (χ0v) is 13.0. The van der Waals surface area contributed by atoms with Crippen LogP contribution in [0, 0.1) is 0 Å². The van der Waals surface area contributed by atoms with Crippen LogP contribution in [0.3, 0.4) is 0 Å². The molecule has 2 aromatic rings. The van der Waals surface area contributed by atoms with Crippen LogP contribution >= 0.6 is 0 Å². The molecule has 21 heavy (non-hydrogen) atoms. The van der Waals surface area contributed by atoms with Gasteiger partial charge in [0, 0.05) is 23.2 Å². The van der Waals surface area contributed by atoms with Crippen LogP contribution in [0.1, 0.15) is 44.2 Å². The van der Waals surface area contributed by atoms with Gasteiger partial charge in [-0.1, -0.05) is 36.4 Å². The normalized spacial score (nSPS) is 20.8. The monoisotopic (exact) mass is 281 g/mol. The van der Waals surface area contributed by atoms with Crippen molar-refractivity contribution in [1.29, 1.82) is 0 Å². The summed E-state index contributed by atoms with van der Waals surface area (Å²) >= 11 is 0. The maximum Gasteiger partial charge on any atom is 0.123 e. The minimum atomic E-state index is 0.195. The highest BCUT2D eigenvalue weighted by Gasteiger charge is 2.27. The molecule has 1 aliphatic heterocycles. The Labute approximate surface area is 127 Å². The van der Waals surface area contributed by atoms with Gasteiger partial charge in [-0.15, -0.1) is 0 Å². The number of hydrogen-bond donors (Lipinski definition) is 1. The van der Waals surface area contributed by atoms with Gasteiger partial charge in [-0.3, -0.25) is 0 Å². The first-order valence-corrected chi connectivity index (χ1v) is 7.76. The minimum Gasteiger partial charge on any atom is -0.491 e. The van der Waals surface area contributed by atoms with E-state index in [0.717, 1.165) is 12.2 Å². The van der Waals surface area contributed by atoms with Crippen LogP contribution in [-0.2, 0) is 0 Å². The summed E-state index contributed by atoms with van der Waals surface area (Å²) < 4.78 is 6.03. The van der Waals surface area contributed by atoms with Crippen molar-refractivity contribution in [3.05, 3.63) is 59.7 Å². The summed E-state index contributed by atoms with van der Waals surface area (Å²) in [7, 11) is 0. The Morgan fingerprint density at radius 3 is 2.43 bits per heavy atom. The second-order valence-electron chi connectivity index (χ2n) is 6.13. The van der Waals surface area contributed by atoms with Gasteiger partial charge >= 0.3 is 0 Å². The Kier molecular flexibility index (Phi) is 3.87. The number of fused-ring (bicyclic) bond motifs is 1. The van der Waals surface area contributed by atoms with Crippen molar-refractivity contribution < 1.29 is 4.74 Å². The van der Waals surface area contributed by atoms with Crippen LogP contribution in [0.5, 0.6) is 5.75 Å². The summed E-state index contributed by atoms with van der Waals surface area (Å²) in [5.41, 5.74) is 3.92. The highest BCUT2D eigenvalue weighted by Crippen LogP contribution is 2.41. The molecule has 0 bridgehead atoms. The number of ether oxygens (including phenoxy) is 1. The third-order valence-electron chi connectivity index (χ3n) is 3.98. The Hall–Kier alpha value is -1.96. The van der Waals surface area contributed by atoms with Gasteiger partial charge in [-0.05, 0) is 44.9 Å². The van der Waals surface area contributed by atoms with Gasteiger partial charge in [0.25, 0.3) is 0 Å². The van der Waals surface area contributed by atoms with Crippen molar-refractivity contribution in [1.82, 2.24) is 0 Å². The number of rotatable bonds is 3. The molecule has 0 aromatic heterocycles. The second kappa shape index (κ2) is 5.80. The maximum atomic E-state index is 6.03. The highest BCUT2D eigenvalue weighted by atomic mass is 16.5. The molecule has 2 nitrogen and oxygen atoms in total. The van der Waals surface area contributed by atoms with Crippen molar-refractivity contribution in [3.63, 3.8) is 0 Å². The smallest absolute Gasteiger partial charge is 0.123 e. The number of hydrogen-bond acceptors (Lipinski definition) is 2. The lowest BCUT2D eigenvalue weighted by Crippen LogP contribution is -2.26. The van der Waals surface area contributed by atoms with Crippen molar-refractivity contribution in [2.24, 2.45) is 0 Å². The van der Waals surface area contributed by atoms with Crippen LogP contribution in [0.4, 0.5) is 5.69 Å². The van der Waals surface area contributed by atoms with E-state index < -0.39 is 0 Å². The molecule has 2 atom stereocenters. The lowest BCUT2D eigenvalue weighted by atomic mass is 9.82. The molecule has 0 fully saturated rings. The van der Waals surface area contributed by atoms with E-state index in [2.05, 4.69) is 74.6 Å². The van der Waals surface area contributed by atoms with E-state index in [4.69, 9.17) is 4.74 Å². The van der Waals surface area contributed by atoms with Crippen LogP contribution in [0.2, 0.25) is 0 Å².